The Hall–Kier alpha value is -3.16. The number of nitrogens with zero attached hydrogens (tertiary/aromatic N) is 2. The molecule has 4 rings (SSSR count). The summed E-state index contributed by atoms with van der Waals surface area (Å²) in [5, 5.41) is 18.3. The molecule has 0 bridgehead atoms. The van der Waals surface area contributed by atoms with E-state index in [9.17, 15) is 5.26 Å². The predicted molar refractivity (Wildman–Crippen MR) is 115 cm³/mol. The molecule has 146 valence electrons. The van der Waals surface area contributed by atoms with E-state index in [4.69, 9.17) is 10.1 Å². The minimum Gasteiger partial charge on any atom is -0.442 e. The zero-order valence-electron chi connectivity index (χ0n) is 16.6. The maximum absolute atomic E-state index is 9.83. The second kappa shape index (κ2) is 8.46. The number of nitriles is 1. The molecule has 1 N–H and O–H groups in total. The summed E-state index contributed by atoms with van der Waals surface area (Å²) in [7, 11) is 0. The molecule has 29 heavy (non-hydrogen) atoms. The third-order valence-electron chi connectivity index (χ3n) is 5.55. The predicted octanol–water partition coefficient (Wildman–Crippen LogP) is 4.98. The first-order valence-electron chi connectivity index (χ1n) is 10.1. The van der Waals surface area contributed by atoms with Gasteiger partial charge in [0.15, 0.2) is 0 Å². The van der Waals surface area contributed by atoms with E-state index in [1.807, 2.05) is 36.4 Å². The zero-order valence-corrected chi connectivity index (χ0v) is 16.6. The normalized spacial score (nSPS) is 23.4. The van der Waals surface area contributed by atoms with Crippen LogP contribution in [0.3, 0.4) is 0 Å². The minimum atomic E-state index is -0.601. The quantitative estimate of drug-likeness (QED) is 0.810. The number of benzene rings is 2. The van der Waals surface area contributed by atoms with Gasteiger partial charge in [0.05, 0.1) is 6.07 Å². The standard InChI is InChI=1S/C25H25N3O/c1-2-13-28-16-20(14-18-9-5-3-6-10-18)24-22(17-28)23(19-11-7-4-8-12-19)21(15-26)25(27)29-24/h3-12,14,21,23,27H,2,13,16-17H2,1H3/b20-14-,27-25?. The molecule has 4 nitrogen and oxygen atoms in total. The molecule has 2 unspecified atom stereocenters. The van der Waals surface area contributed by atoms with Gasteiger partial charge in [0.25, 0.3) is 0 Å². The van der Waals surface area contributed by atoms with Crippen molar-refractivity contribution in [1.82, 2.24) is 4.90 Å². The highest BCUT2D eigenvalue weighted by molar-refractivity contribution is 5.84. The van der Waals surface area contributed by atoms with Gasteiger partial charge in [-0.05, 0) is 35.7 Å². The molecule has 4 heteroatoms. The summed E-state index contributed by atoms with van der Waals surface area (Å²) in [6.07, 6.45) is 3.22. The van der Waals surface area contributed by atoms with Gasteiger partial charge in [0, 0.05) is 24.6 Å². The Morgan fingerprint density at radius 1 is 1.10 bits per heavy atom. The number of nitrogens with one attached hydrogen (secondary N) is 1. The van der Waals surface area contributed by atoms with Gasteiger partial charge in [0.2, 0.25) is 5.90 Å². The highest BCUT2D eigenvalue weighted by Crippen LogP contribution is 2.43. The molecule has 0 saturated carbocycles. The average Bonchev–Trinajstić information content (AvgIpc) is 2.75. The smallest absolute Gasteiger partial charge is 0.205 e. The van der Waals surface area contributed by atoms with E-state index in [1.165, 1.54) is 0 Å². The number of hydrogen-bond donors (Lipinski definition) is 1. The summed E-state index contributed by atoms with van der Waals surface area (Å²) in [5.74, 6) is 0.0709. The summed E-state index contributed by atoms with van der Waals surface area (Å²) >= 11 is 0. The van der Waals surface area contributed by atoms with E-state index in [1.54, 1.807) is 0 Å². The lowest BCUT2D eigenvalue weighted by molar-refractivity contribution is 0.255. The van der Waals surface area contributed by atoms with Crippen molar-refractivity contribution >= 4 is 12.0 Å². The summed E-state index contributed by atoms with van der Waals surface area (Å²) < 4.78 is 6.00. The molecule has 0 spiro atoms. The van der Waals surface area contributed by atoms with Crippen LogP contribution in [0.1, 0.15) is 30.4 Å². The summed E-state index contributed by atoms with van der Waals surface area (Å²) in [6.45, 7) is 4.72. The molecule has 2 aromatic rings. The lowest BCUT2D eigenvalue weighted by Crippen LogP contribution is -2.41. The average molecular weight is 383 g/mol. The van der Waals surface area contributed by atoms with Crippen molar-refractivity contribution in [2.24, 2.45) is 5.92 Å². The minimum absolute atomic E-state index is 0.0445. The van der Waals surface area contributed by atoms with Crippen LogP contribution in [0.25, 0.3) is 6.08 Å². The van der Waals surface area contributed by atoms with Crippen LogP contribution in [-0.2, 0) is 4.74 Å². The van der Waals surface area contributed by atoms with Crippen molar-refractivity contribution in [3.63, 3.8) is 0 Å². The third-order valence-corrected chi connectivity index (χ3v) is 5.55. The maximum atomic E-state index is 9.83. The number of rotatable bonds is 4. The van der Waals surface area contributed by atoms with Gasteiger partial charge in [-0.3, -0.25) is 10.3 Å². The first-order valence-corrected chi connectivity index (χ1v) is 10.1. The molecule has 0 aliphatic carbocycles. The van der Waals surface area contributed by atoms with Gasteiger partial charge in [-0.1, -0.05) is 67.6 Å². The van der Waals surface area contributed by atoms with E-state index in [2.05, 4.69) is 48.2 Å². The van der Waals surface area contributed by atoms with Crippen LogP contribution in [0, 0.1) is 22.7 Å². The molecule has 2 aliphatic heterocycles. The Morgan fingerprint density at radius 2 is 1.79 bits per heavy atom. The van der Waals surface area contributed by atoms with E-state index >= 15 is 0 Å². The first kappa shape index (κ1) is 19.2. The second-order valence-electron chi connectivity index (χ2n) is 7.61. The summed E-state index contributed by atoms with van der Waals surface area (Å²) in [6, 6.07) is 22.6. The van der Waals surface area contributed by atoms with Gasteiger partial charge in [0.1, 0.15) is 11.7 Å². The first-order chi connectivity index (χ1) is 14.2. The molecule has 0 saturated heterocycles. The zero-order chi connectivity index (χ0) is 20.2. The van der Waals surface area contributed by atoms with Gasteiger partial charge in [-0.2, -0.15) is 5.26 Å². The highest BCUT2D eigenvalue weighted by atomic mass is 16.5. The molecule has 2 aromatic carbocycles. The molecule has 0 aromatic heterocycles. The third kappa shape index (κ3) is 3.87. The van der Waals surface area contributed by atoms with Crippen LogP contribution < -0.4 is 0 Å². The van der Waals surface area contributed by atoms with Gasteiger partial charge < -0.3 is 4.74 Å². The van der Waals surface area contributed by atoms with Crippen LogP contribution in [0.4, 0.5) is 0 Å². The topological polar surface area (TPSA) is 60.1 Å². The van der Waals surface area contributed by atoms with E-state index in [0.29, 0.717) is 0 Å². The van der Waals surface area contributed by atoms with Crippen LogP contribution in [-0.4, -0.2) is 30.4 Å². The van der Waals surface area contributed by atoms with Crippen molar-refractivity contribution in [2.75, 3.05) is 19.6 Å². The van der Waals surface area contributed by atoms with Gasteiger partial charge in [-0.15, -0.1) is 0 Å². The Balaban J connectivity index is 1.86. The summed E-state index contributed by atoms with van der Waals surface area (Å²) in [5.41, 5.74) is 4.37. The van der Waals surface area contributed by atoms with Crippen LogP contribution in [0.2, 0.25) is 0 Å². The Kier molecular flexibility index (Phi) is 5.59. The Morgan fingerprint density at radius 3 is 2.45 bits per heavy atom. The van der Waals surface area contributed by atoms with Crippen molar-refractivity contribution < 1.29 is 4.74 Å². The number of ether oxygens (including phenoxy) is 1. The van der Waals surface area contributed by atoms with E-state index in [0.717, 1.165) is 54.1 Å². The Bertz CT molecular complexity index is 986. The van der Waals surface area contributed by atoms with Crippen molar-refractivity contribution in [1.29, 1.82) is 10.7 Å². The number of hydrogen-bond acceptors (Lipinski definition) is 4. The van der Waals surface area contributed by atoms with Gasteiger partial charge >= 0.3 is 0 Å². The largest absolute Gasteiger partial charge is 0.442 e. The SMILES string of the molecule is CCCN1CC2=C(OC(=N)C(C#N)C2c2ccccc2)/C(=C\c2ccccc2)C1. The van der Waals surface area contributed by atoms with Crippen LogP contribution >= 0.6 is 0 Å². The lowest BCUT2D eigenvalue weighted by atomic mass is 9.76. The van der Waals surface area contributed by atoms with E-state index in [-0.39, 0.29) is 11.8 Å². The second-order valence-corrected chi connectivity index (χ2v) is 7.61. The molecule has 2 aliphatic rings. The van der Waals surface area contributed by atoms with Crippen LogP contribution in [0.15, 0.2) is 77.6 Å². The fourth-order valence-electron chi connectivity index (χ4n) is 4.31. The fourth-order valence-corrected chi connectivity index (χ4v) is 4.31. The molecular weight excluding hydrogens is 358 g/mol. The highest BCUT2D eigenvalue weighted by Gasteiger charge is 2.41. The molecule has 0 amide bonds. The summed E-state index contributed by atoms with van der Waals surface area (Å²) in [4.78, 5) is 2.41. The van der Waals surface area contributed by atoms with Crippen molar-refractivity contribution in [2.45, 2.75) is 19.3 Å². The molecule has 0 fully saturated rings. The van der Waals surface area contributed by atoms with Crippen molar-refractivity contribution in [3.05, 3.63) is 88.7 Å². The maximum Gasteiger partial charge on any atom is 0.205 e. The lowest BCUT2D eigenvalue weighted by Gasteiger charge is -2.40. The fraction of sp³-hybridized carbons (Fsp3) is 0.280. The van der Waals surface area contributed by atoms with Gasteiger partial charge in [-0.25, -0.2) is 0 Å². The molecular formula is C25H25N3O. The molecule has 2 atom stereocenters. The van der Waals surface area contributed by atoms with E-state index < -0.39 is 5.92 Å². The molecule has 0 radical (unpaired) electrons. The van der Waals surface area contributed by atoms with Crippen molar-refractivity contribution in [3.8, 4) is 6.07 Å². The molecule has 2 heterocycles. The monoisotopic (exact) mass is 383 g/mol. The van der Waals surface area contributed by atoms with Crippen LogP contribution in [0.5, 0.6) is 0 Å². The Labute approximate surface area is 172 Å².